The number of hydrazine groups is 1. The van der Waals surface area contributed by atoms with E-state index in [1.54, 1.807) is 19.1 Å². The average Bonchev–Trinajstić information content (AvgIpc) is 2.03. The molecule has 0 unspecified atom stereocenters. The minimum absolute atomic E-state index is 0.106. The molecule has 0 aliphatic rings. The molecule has 0 fully saturated rings. The molecule has 5 nitrogen and oxygen atoms in total. The van der Waals surface area contributed by atoms with E-state index in [1.807, 2.05) is 0 Å². The summed E-state index contributed by atoms with van der Waals surface area (Å²) in [5, 5.41) is 10.4. The molecule has 0 bridgehead atoms. The molecule has 0 atom stereocenters. The fourth-order valence-electron chi connectivity index (χ4n) is 0.950. The zero-order valence-corrected chi connectivity index (χ0v) is 6.57. The largest absolute Gasteiger partial charge is 0.324 e. The van der Waals surface area contributed by atoms with Gasteiger partial charge in [-0.3, -0.25) is 16.0 Å². The predicted octanol–water partition coefficient (Wildman–Crippen LogP) is 1.19. The molecule has 0 aromatic heterocycles. The zero-order valence-electron chi connectivity index (χ0n) is 6.57. The lowest BCUT2D eigenvalue weighted by molar-refractivity contribution is -0.385. The molecule has 12 heavy (non-hydrogen) atoms. The minimum atomic E-state index is -0.421. The first-order valence-electron chi connectivity index (χ1n) is 3.37. The Kier molecular flexibility index (Phi) is 2.25. The number of anilines is 1. The van der Waals surface area contributed by atoms with E-state index >= 15 is 0 Å². The molecular weight excluding hydrogens is 158 g/mol. The van der Waals surface area contributed by atoms with Gasteiger partial charge in [-0.25, -0.2) is 0 Å². The van der Waals surface area contributed by atoms with Gasteiger partial charge in [0.2, 0.25) is 0 Å². The summed E-state index contributed by atoms with van der Waals surface area (Å²) in [7, 11) is 0. The first kappa shape index (κ1) is 8.48. The molecule has 0 spiro atoms. The van der Waals surface area contributed by atoms with Gasteiger partial charge in [0.15, 0.2) is 0 Å². The fraction of sp³-hybridized carbons (Fsp3) is 0.143. The highest BCUT2D eigenvalue weighted by molar-refractivity contribution is 5.52. The van der Waals surface area contributed by atoms with Crippen molar-refractivity contribution in [2.75, 3.05) is 5.43 Å². The van der Waals surface area contributed by atoms with Gasteiger partial charge in [-0.05, 0) is 19.1 Å². The van der Waals surface area contributed by atoms with Crippen molar-refractivity contribution in [3.05, 3.63) is 33.9 Å². The SMILES string of the molecule is Cc1cc(NN)ccc1[N+](=O)[O-]. The van der Waals surface area contributed by atoms with Crippen molar-refractivity contribution in [1.29, 1.82) is 0 Å². The molecule has 0 radical (unpaired) electrons. The Labute approximate surface area is 69.3 Å². The number of nitro groups is 1. The fourth-order valence-corrected chi connectivity index (χ4v) is 0.950. The second-order valence-corrected chi connectivity index (χ2v) is 2.40. The third kappa shape index (κ3) is 1.51. The number of nitrogens with zero attached hydrogens (tertiary/aromatic N) is 1. The highest BCUT2D eigenvalue weighted by Gasteiger charge is 2.08. The highest BCUT2D eigenvalue weighted by Crippen LogP contribution is 2.20. The van der Waals surface area contributed by atoms with E-state index < -0.39 is 4.92 Å². The molecular formula is C7H9N3O2. The Morgan fingerprint density at radius 2 is 2.25 bits per heavy atom. The summed E-state index contributed by atoms with van der Waals surface area (Å²) in [5.74, 6) is 5.13. The van der Waals surface area contributed by atoms with E-state index in [0.717, 1.165) is 0 Å². The van der Waals surface area contributed by atoms with Crippen LogP contribution in [0.2, 0.25) is 0 Å². The van der Waals surface area contributed by atoms with Crippen LogP contribution in [0.3, 0.4) is 0 Å². The first-order chi connectivity index (χ1) is 5.65. The molecule has 3 N–H and O–H groups in total. The van der Waals surface area contributed by atoms with E-state index in [1.165, 1.54) is 6.07 Å². The van der Waals surface area contributed by atoms with E-state index in [-0.39, 0.29) is 5.69 Å². The molecule has 0 aliphatic carbocycles. The Hall–Kier alpha value is -1.62. The maximum absolute atomic E-state index is 10.4. The van der Waals surface area contributed by atoms with E-state index in [2.05, 4.69) is 5.43 Å². The minimum Gasteiger partial charge on any atom is -0.324 e. The van der Waals surface area contributed by atoms with Crippen LogP contribution in [-0.4, -0.2) is 4.92 Å². The van der Waals surface area contributed by atoms with Crippen LogP contribution >= 0.6 is 0 Å². The maximum Gasteiger partial charge on any atom is 0.272 e. The van der Waals surface area contributed by atoms with Gasteiger partial charge in [0.1, 0.15) is 0 Å². The molecule has 5 heteroatoms. The van der Waals surface area contributed by atoms with Gasteiger partial charge in [0, 0.05) is 17.3 Å². The van der Waals surface area contributed by atoms with E-state index in [9.17, 15) is 10.1 Å². The van der Waals surface area contributed by atoms with Crippen LogP contribution in [0.25, 0.3) is 0 Å². The molecule has 0 amide bonds. The van der Waals surface area contributed by atoms with Gasteiger partial charge in [0.25, 0.3) is 5.69 Å². The van der Waals surface area contributed by atoms with Gasteiger partial charge in [-0.1, -0.05) is 0 Å². The Morgan fingerprint density at radius 3 is 2.67 bits per heavy atom. The van der Waals surface area contributed by atoms with Crippen LogP contribution in [0.1, 0.15) is 5.56 Å². The van der Waals surface area contributed by atoms with Gasteiger partial charge in [-0.2, -0.15) is 0 Å². The van der Waals surface area contributed by atoms with Crippen LogP contribution in [0, 0.1) is 17.0 Å². The summed E-state index contributed by atoms with van der Waals surface area (Å²) >= 11 is 0. The van der Waals surface area contributed by atoms with Gasteiger partial charge >= 0.3 is 0 Å². The molecule has 64 valence electrons. The number of hydrogen-bond donors (Lipinski definition) is 2. The number of nitrogens with two attached hydrogens (primary N) is 1. The summed E-state index contributed by atoms with van der Waals surface area (Å²) in [5.41, 5.74) is 3.77. The van der Waals surface area contributed by atoms with Gasteiger partial charge in [-0.15, -0.1) is 0 Å². The summed E-state index contributed by atoms with van der Waals surface area (Å²) in [6, 6.07) is 4.60. The van der Waals surface area contributed by atoms with Crippen molar-refractivity contribution in [3.63, 3.8) is 0 Å². The Morgan fingerprint density at radius 1 is 1.58 bits per heavy atom. The van der Waals surface area contributed by atoms with Crippen molar-refractivity contribution in [1.82, 2.24) is 0 Å². The Bertz CT molecular complexity index is 312. The summed E-state index contributed by atoms with van der Waals surface area (Å²) in [6.45, 7) is 1.67. The highest BCUT2D eigenvalue weighted by atomic mass is 16.6. The number of benzene rings is 1. The standard InChI is InChI=1S/C7H9N3O2/c1-5-4-6(9-8)2-3-7(5)10(11)12/h2-4,9H,8H2,1H3. The van der Waals surface area contributed by atoms with Crippen LogP contribution in [-0.2, 0) is 0 Å². The van der Waals surface area contributed by atoms with E-state index in [0.29, 0.717) is 11.3 Å². The van der Waals surface area contributed by atoms with Crippen molar-refractivity contribution in [2.45, 2.75) is 6.92 Å². The summed E-state index contributed by atoms with van der Waals surface area (Å²) < 4.78 is 0. The van der Waals surface area contributed by atoms with Crippen molar-refractivity contribution in [3.8, 4) is 0 Å². The lowest BCUT2D eigenvalue weighted by Crippen LogP contribution is -2.06. The van der Waals surface area contributed by atoms with Crippen molar-refractivity contribution < 1.29 is 4.92 Å². The number of rotatable bonds is 2. The average molecular weight is 167 g/mol. The van der Waals surface area contributed by atoms with Gasteiger partial charge < -0.3 is 5.43 Å². The maximum atomic E-state index is 10.4. The van der Waals surface area contributed by atoms with Crippen LogP contribution in [0.15, 0.2) is 18.2 Å². The lowest BCUT2D eigenvalue weighted by atomic mass is 10.2. The lowest BCUT2D eigenvalue weighted by Gasteiger charge is -2.00. The van der Waals surface area contributed by atoms with E-state index in [4.69, 9.17) is 5.84 Å². The number of nitrogen functional groups attached to an aromatic ring is 1. The van der Waals surface area contributed by atoms with Crippen molar-refractivity contribution >= 4 is 11.4 Å². The topological polar surface area (TPSA) is 81.2 Å². The van der Waals surface area contributed by atoms with Crippen LogP contribution in [0.4, 0.5) is 11.4 Å². The molecule has 1 aromatic carbocycles. The second-order valence-electron chi connectivity index (χ2n) is 2.40. The molecule has 1 aromatic rings. The van der Waals surface area contributed by atoms with Gasteiger partial charge in [0.05, 0.1) is 4.92 Å². The predicted molar refractivity (Wildman–Crippen MR) is 45.6 cm³/mol. The molecule has 1 rings (SSSR count). The molecule has 0 saturated carbocycles. The summed E-state index contributed by atoms with van der Waals surface area (Å²) in [6.07, 6.45) is 0. The summed E-state index contributed by atoms with van der Waals surface area (Å²) in [4.78, 5) is 9.95. The third-order valence-electron chi connectivity index (χ3n) is 1.56. The number of aryl methyl sites for hydroxylation is 1. The molecule has 0 saturated heterocycles. The normalized spacial score (nSPS) is 9.50. The van der Waals surface area contributed by atoms with Crippen molar-refractivity contribution in [2.24, 2.45) is 5.84 Å². The Balaban J connectivity index is 3.12. The molecule has 0 heterocycles. The quantitative estimate of drug-likeness (QED) is 0.394. The number of hydrogen-bond acceptors (Lipinski definition) is 4. The zero-order chi connectivity index (χ0) is 9.14. The van der Waals surface area contributed by atoms with Crippen LogP contribution < -0.4 is 11.3 Å². The monoisotopic (exact) mass is 167 g/mol. The third-order valence-corrected chi connectivity index (χ3v) is 1.56. The smallest absolute Gasteiger partial charge is 0.272 e. The second kappa shape index (κ2) is 3.19. The number of nitro benzene ring substituents is 1. The number of nitrogens with one attached hydrogen (secondary N) is 1. The first-order valence-corrected chi connectivity index (χ1v) is 3.37. The molecule has 0 aliphatic heterocycles. The van der Waals surface area contributed by atoms with Crippen LogP contribution in [0.5, 0.6) is 0 Å².